The molecule has 20 heavy (non-hydrogen) atoms. The third-order valence-corrected chi connectivity index (χ3v) is 3.39. The Morgan fingerprint density at radius 1 is 1.35 bits per heavy atom. The van der Waals surface area contributed by atoms with Gasteiger partial charge in [0.1, 0.15) is 5.56 Å². The van der Waals surface area contributed by atoms with E-state index in [1.165, 1.54) is 6.07 Å². The zero-order chi connectivity index (χ0) is 13.9. The largest absolute Gasteiger partial charge is 0.337 e. The molecule has 1 aromatic carbocycles. The van der Waals surface area contributed by atoms with E-state index >= 15 is 0 Å². The minimum Gasteiger partial charge on any atom is -0.337 e. The van der Waals surface area contributed by atoms with Crippen molar-refractivity contribution < 1.29 is 9.45 Å². The van der Waals surface area contributed by atoms with Crippen molar-refractivity contribution in [2.75, 3.05) is 6.54 Å². The molecule has 1 aliphatic heterocycles. The average Bonchev–Trinajstić information content (AvgIpc) is 2.98. The molecular weight excluding hydrogens is 260 g/mol. The predicted molar refractivity (Wildman–Crippen MR) is 71.0 cm³/mol. The highest BCUT2D eigenvalue weighted by Crippen LogP contribution is 2.29. The number of hydrogen-bond donors (Lipinski definition) is 1. The maximum Gasteiger partial charge on any atom is 0.280 e. The van der Waals surface area contributed by atoms with Crippen LogP contribution in [0.3, 0.4) is 0 Å². The summed E-state index contributed by atoms with van der Waals surface area (Å²) in [7, 11) is 0. The Balaban J connectivity index is 1.92. The van der Waals surface area contributed by atoms with Crippen molar-refractivity contribution in [1.29, 1.82) is 0 Å². The number of piperidine rings is 1. The lowest BCUT2D eigenvalue weighted by atomic mass is 10.1. The molecule has 7 nitrogen and oxygen atoms in total. The number of aromatic nitrogens is 2. The normalized spacial score (nSPS) is 18.9. The first kappa shape index (κ1) is 12.7. The zero-order valence-electron chi connectivity index (χ0n) is 10.8. The van der Waals surface area contributed by atoms with Crippen molar-refractivity contribution in [3.05, 3.63) is 40.3 Å². The molecule has 2 heterocycles. The number of nitro benzene ring substituents is 1. The predicted octanol–water partition coefficient (Wildman–Crippen LogP) is 2.46. The van der Waals surface area contributed by atoms with E-state index in [9.17, 15) is 10.1 Å². The molecule has 1 N–H and O–H groups in total. The first-order chi connectivity index (χ1) is 9.75. The summed E-state index contributed by atoms with van der Waals surface area (Å²) in [6.45, 7) is 0.924. The van der Waals surface area contributed by atoms with Gasteiger partial charge in [-0.25, -0.2) is 0 Å². The van der Waals surface area contributed by atoms with E-state index in [0.29, 0.717) is 11.5 Å². The summed E-state index contributed by atoms with van der Waals surface area (Å²) in [5.41, 5.74) is 0.361. The molecule has 0 radical (unpaired) electrons. The topological polar surface area (TPSA) is 94.1 Å². The van der Waals surface area contributed by atoms with Crippen LogP contribution < -0.4 is 5.32 Å². The molecule has 1 aliphatic rings. The van der Waals surface area contributed by atoms with Gasteiger partial charge < -0.3 is 9.84 Å². The lowest BCUT2D eigenvalue weighted by Crippen LogP contribution is -2.26. The Hall–Kier alpha value is -2.28. The van der Waals surface area contributed by atoms with Gasteiger partial charge in [-0.2, -0.15) is 4.98 Å². The van der Waals surface area contributed by atoms with E-state index in [1.807, 2.05) is 0 Å². The fourth-order valence-corrected chi connectivity index (χ4v) is 2.37. The molecule has 1 unspecified atom stereocenters. The van der Waals surface area contributed by atoms with Gasteiger partial charge in [-0.15, -0.1) is 0 Å². The lowest BCUT2D eigenvalue weighted by molar-refractivity contribution is -0.384. The molecule has 104 valence electrons. The van der Waals surface area contributed by atoms with Crippen LogP contribution in [0.4, 0.5) is 5.69 Å². The highest BCUT2D eigenvalue weighted by molar-refractivity contribution is 5.67. The molecule has 1 aromatic heterocycles. The first-order valence-corrected chi connectivity index (χ1v) is 6.56. The summed E-state index contributed by atoms with van der Waals surface area (Å²) in [5.74, 6) is 0.762. The van der Waals surface area contributed by atoms with Gasteiger partial charge in [0.2, 0.25) is 11.7 Å². The second-order valence-corrected chi connectivity index (χ2v) is 4.73. The standard InChI is InChI=1S/C13H14N4O3/c18-17(19)11-7-2-1-5-9(11)12-15-13(20-16-12)10-6-3-4-8-14-10/h1-2,5,7,10,14H,3-4,6,8H2. The quantitative estimate of drug-likeness (QED) is 0.682. The smallest absolute Gasteiger partial charge is 0.280 e. The number of nitrogens with one attached hydrogen (secondary N) is 1. The SMILES string of the molecule is O=[N+]([O-])c1ccccc1-c1noc(C2CCCCN2)n1. The minimum atomic E-state index is -0.440. The van der Waals surface area contributed by atoms with Crippen LogP contribution in [0.25, 0.3) is 11.4 Å². The maximum absolute atomic E-state index is 11.0. The van der Waals surface area contributed by atoms with Gasteiger partial charge in [0.15, 0.2) is 0 Å². The monoisotopic (exact) mass is 274 g/mol. The molecule has 0 bridgehead atoms. The Labute approximate surface area is 115 Å². The van der Waals surface area contributed by atoms with Gasteiger partial charge >= 0.3 is 0 Å². The molecule has 2 aromatic rings. The third-order valence-electron chi connectivity index (χ3n) is 3.39. The van der Waals surface area contributed by atoms with Crippen LogP contribution in [0.2, 0.25) is 0 Å². The number of nitrogens with zero attached hydrogens (tertiary/aromatic N) is 3. The van der Waals surface area contributed by atoms with E-state index in [1.54, 1.807) is 18.2 Å². The van der Waals surface area contributed by atoms with Crippen LogP contribution in [0, 0.1) is 10.1 Å². The van der Waals surface area contributed by atoms with E-state index in [0.717, 1.165) is 25.8 Å². The fourth-order valence-electron chi connectivity index (χ4n) is 2.37. The second-order valence-electron chi connectivity index (χ2n) is 4.73. The van der Waals surface area contributed by atoms with Crippen molar-refractivity contribution in [3.8, 4) is 11.4 Å². The number of para-hydroxylation sites is 1. The fraction of sp³-hybridized carbons (Fsp3) is 0.385. The second kappa shape index (κ2) is 5.38. The number of nitro groups is 1. The van der Waals surface area contributed by atoms with Gasteiger partial charge in [-0.05, 0) is 25.5 Å². The van der Waals surface area contributed by atoms with Crippen LogP contribution in [0.15, 0.2) is 28.8 Å². The van der Waals surface area contributed by atoms with Crippen molar-refractivity contribution in [2.45, 2.75) is 25.3 Å². The van der Waals surface area contributed by atoms with E-state index in [-0.39, 0.29) is 17.6 Å². The minimum absolute atomic E-state index is 0.0172. The van der Waals surface area contributed by atoms with E-state index in [2.05, 4.69) is 15.5 Å². The molecule has 1 saturated heterocycles. The van der Waals surface area contributed by atoms with Crippen LogP contribution in [-0.2, 0) is 0 Å². The maximum atomic E-state index is 11.0. The van der Waals surface area contributed by atoms with Crippen molar-refractivity contribution in [2.24, 2.45) is 0 Å². The number of benzene rings is 1. The van der Waals surface area contributed by atoms with Crippen molar-refractivity contribution >= 4 is 5.69 Å². The summed E-state index contributed by atoms with van der Waals surface area (Å²) in [6, 6.07) is 6.45. The highest BCUT2D eigenvalue weighted by Gasteiger charge is 2.24. The van der Waals surface area contributed by atoms with Crippen molar-refractivity contribution in [1.82, 2.24) is 15.5 Å². The molecule has 1 atom stereocenters. The van der Waals surface area contributed by atoms with Crippen molar-refractivity contribution in [3.63, 3.8) is 0 Å². The Kier molecular flexibility index (Phi) is 3.42. The number of rotatable bonds is 3. The summed E-state index contributed by atoms with van der Waals surface area (Å²) in [5, 5.41) is 18.2. The van der Waals surface area contributed by atoms with Crippen LogP contribution >= 0.6 is 0 Å². The van der Waals surface area contributed by atoms with Gasteiger partial charge in [0, 0.05) is 6.07 Å². The van der Waals surface area contributed by atoms with E-state index < -0.39 is 4.92 Å². The molecule has 0 amide bonds. The summed E-state index contributed by atoms with van der Waals surface area (Å²) in [6.07, 6.45) is 3.20. The summed E-state index contributed by atoms with van der Waals surface area (Å²) >= 11 is 0. The molecular formula is C13H14N4O3. The van der Waals surface area contributed by atoms with Gasteiger partial charge in [-0.1, -0.05) is 23.7 Å². The molecule has 0 aliphatic carbocycles. The van der Waals surface area contributed by atoms with Crippen LogP contribution in [-0.4, -0.2) is 21.6 Å². The molecule has 0 saturated carbocycles. The highest BCUT2D eigenvalue weighted by atomic mass is 16.6. The Morgan fingerprint density at radius 2 is 2.20 bits per heavy atom. The van der Waals surface area contributed by atoms with Gasteiger partial charge in [0.25, 0.3) is 5.69 Å². The Morgan fingerprint density at radius 3 is 2.95 bits per heavy atom. The summed E-state index contributed by atoms with van der Waals surface area (Å²) < 4.78 is 5.25. The van der Waals surface area contributed by atoms with E-state index in [4.69, 9.17) is 4.52 Å². The average molecular weight is 274 g/mol. The zero-order valence-corrected chi connectivity index (χ0v) is 10.8. The molecule has 0 spiro atoms. The van der Waals surface area contributed by atoms with Crippen LogP contribution in [0.1, 0.15) is 31.2 Å². The van der Waals surface area contributed by atoms with Crippen LogP contribution in [0.5, 0.6) is 0 Å². The third kappa shape index (κ3) is 2.39. The molecule has 7 heteroatoms. The van der Waals surface area contributed by atoms with Gasteiger partial charge in [-0.3, -0.25) is 10.1 Å². The molecule has 1 fully saturated rings. The first-order valence-electron chi connectivity index (χ1n) is 6.56. The number of hydrogen-bond acceptors (Lipinski definition) is 6. The lowest BCUT2D eigenvalue weighted by Gasteiger charge is -2.19. The summed E-state index contributed by atoms with van der Waals surface area (Å²) in [4.78, 5) is 14.9. The Bertz CT molecular complexity index is 620. The molecule has 3 rings (SSSR count). The van der Waals surface area contributed by atoms with Gasteiger partial charge in [0.05, 0.1) is 11.0 Å².